The van der Waals surface area contributed by atoms with E-state index >= 15 is 0 Å². The van der Waals surface area contributed by atoms with E-state index in [2.05, 4.69) is 37.9 Å². The van der Waals surface area contributed by atoms with Crippen LogP contribution in [0.25, 0.3) is 0 Å². The van der Waals surface area contributed by atoms with Crippen LogP contribution in [-0.4, -0.2) is 40.1 Å². The van der Waals surface area contributed by atoms with Crippen molar-refractivity contribution in [3.63, 3.8) is 0 Å². The topological polar surface area (TPSA) is 61.0 Å². The molecule has 1 atom stereocenters. The van der Waals surface area contributed by atoms with Crippen LogP contribution in [0, 0.1) is 0 Å². The summed E-state index contributed by atoms with van der Waals surface area (Å²) in [5.74, 6) is 0.510. The van der Waals surface area contributed by atoms with E-state index in [1.807, 2.05) is 0 Å². The van der Waals surface area contributed by atoms with Crippen molar-refractivity contribution >= 4 is 17.2 Å². The number of nitrogens with one attached hydrogen (secondary N) is 2. The summed E-state index contributed by atoms with van der Waals surface area (Å²) in [6.07, 6.45) is 10.1. The highest BCUT2D eigenvalue weighted by atomic mass is 32.1. The van der Waals surface area contributed by atoms with Crippen molar-refractivity contribution in [1.29, 1.82) is 0 Å². The second-order valence-electron chi connectivity index (χ2n) is 7.66. The number of nitrogens with zero attached hydrogens (tertiary/aromatic N) is 2. The minimum absolute atomic E-state index is 0.0438. The highest BCUT2D eigenvalue weighted by Gasteiger charge is 2.26. The second kappa shape index (κ2) is 8.35. The van der Waals surface area contributed by atoms with Crippen LogP contribution in [0.2, 0.25) is 0 Å². The normalized spacial score (nSPS) is 22.4. The Balaban J connectivity index is 1.36. The lowest BCUT2D eigenvalue weighted by Crippen LogP contribution is -2.47. The van der Waals surface area contributed by atoms with Crippen LogP contribution >= 0.6 is 11.3 Å². The van der Waals surface area contributed by atoms with Crippen molar-refractivity contribution in [2.45, 2.75) is 63.5 Å². The summed E-state index contributed by atoms with van der Waals surface area (Å²) in [6.45, 7) is 3.03. The molecule has 0 unspecified atom stereocenters. The van der Waals surface area contributed by atoms with Gasteiger partial charge < -0.3 is 5.32 Å². The van der Waals surface area contributed by atoms with Crippen LogP contribution in [-0.2, 0) is 6.54 Å². The van der Waals surface area contributed by atoms with E-state index < -0.39 is 0 Å². The Hall–Kier alpha value is -1.66. The number of aromatic nitrogens is 2. The van der Waals surface area contributed by atoms with E-state index in [1.54, 1.807) is 17.5 Å². The van der Waals surface area contributed by atoms with Crippen LogP contribution in [0.15, 0.2) is 23.7 Å². The maximum atomic E-state index is 12.9. The van der Waals surface area contributed by atoms with Gasteiger partial charge in [0, 0.05) is 29.9 Å². The fraction of sp³-hybridized carbons (Fsp3) is 0.600. The molecule has 1 amide bonds. The van der Waals surface area contributed by atoms with E-state index in [9.17, 15) is 4.79 Å². The molecular formula is C20H28N4OS. The van der Waals surface area contributed by atoms with Crippen LogP contribution in [0.1, 0.15) is 71.8 Å². The molecule has 2 fully saturated rings. The molecule has 2 aliphatic rings. The lowest BCUT2D eigenvalue weighted by atomic mass is 9.85. The van der Waals surface area contributed by atoms with Crippen LogP contribution in [0.5, 0.6) is 0 Å². The number of piperidine rings is 1. The molecule has 1 saturated heterocycles. The Bertz CT molecular complexity index is 705. The molecule has 0 bridgehead atoms. The van der Waals surface area contributed by atoms with Crippen molar-refractivity contribution in [3.05, 3.63) is 39.8 Å². The largest absolute Gasteiger partial charge is 0.348 e. The Labute approximate surface area is 159 Å². The first-order valence-electron chi connectivity index (χ1n) is 9.88. The van der Waals surface area contributed by atoms with E-state index in [4.69, 9.17) is 0 Å². The van der Waals surface area contributed by atoms with Gasteiger partial charge in [-0.25, -0.2) is 0 Å². The minimum atomic E-state index is 0.0438. The minimum Gasteiger partial charge on any atom is -0.348 e. The van der Waals surface area contributed by atoms with Crippen LogP contribution in [0.3, 0.4) is 0 Å². The smallest absolute Gasteiger partial charge is 0.255 e. The number of rotatable bonds is 5. The molecule has 1 aliphatic carbocycles. The maximum absolute atomic E-state index is 12.9. The monoisotopic (exact) mass is 372 g/mol. The number of H-pyrrole nitrogens is 1. The van der Waals surface area contributed by atoms with Crippen molar-refractivity contribution in [2.75, 3.05) is 13.1 Å². The Morgan fingerprint density at radius 1 is 1.27 bits per heavy atom. The molecule has 140 valence electrons. The molecule has 6 heteroatoms. The zero-order valence-corrected chi connectivity index (χ0v) is 16.1. The van der Waals surface area contributed by atoms with Crippen LogP contribution in [0.4, 0.5) is 0 Å². The third-order valence-corrected chi connectivity index (χ3v) is 6.59. The van der Waals surface area contributed by atoms with Gasteiger partial charge in [-0.3, -0.25) is 14.8 Å². The SMILES string of the molecule is O=C(N[C@H]1CCCN(Cc2cccs2)C1)c1cn[nH]c1C1CCCCC1. The van der Waals surface area contributed by atoms with Gasteiger partial charge >= 0.3 is 0 Å². The zero-order valence-electron chi connectivity index (χ0n) is 15.2. The lowest BCUT2D eigenvalue weighted by molar-refractivity contribution is 0.0899. The molecule has 1 aliphatic heterocycles. The molecule has 0 radical (unpaired) electrons. The van der Waals surface area contributed by atoms with Gasteiger partial charge in [-0.2, -0.15) is 5.10 Å². The first-order valence-corrected chi connectivity index (χ1v) is 10.8. The van der Waals surface area contributed by atoms with Crippen molar-refractivity contribution in [3.8, 4) is 0 Å². The van der Waals surface area contributed by atoms with Crippen molar-refractivity contribution in [2.24, 2.45) is 0 Å². The predicted molar refractivity (Wildman–Crippen MR) is 104 cm³/mol. The molecule has 4 rings (SSSR count). The Morgan fingerprint density at radius 2 is 2.15 bits per heavy atom. The quantitative estimate of drug-likeness (QED) is 0.836. The summed E-state index contributed by atoms with van der Waals surface area (Å²) in [4.78, 5) is 16.7. The molecule has 0 aromatic carbocycles. The van der Waals surface area contributed by atoms with Crippen LogP contribution < -0.4 is 5.32 Å². The van der Waals surface area contributed by atoms with Gasteiger partial charge in [-0.1, -0.05) is 25.3 Å². The predicted octanol–water partition coefficient (Wildman–Crippen LogP) is 3.91. The molecule has 2 aromatic heterocycles. The van der Waals surface area contributed by atoms with E-state index in [0.29, 0.717) is 5.92 Å². The summed E-state index contributed by atoms with van der Waals surface area (Å²) in [5, 5.41) is 12.7. The number of likely N-dealkylation sites (tertiary alicyclic amines) is 1. The summed E-state index contributed by atoms with van der Waals surface area (Å²) in [5.41, 5.74) is 1.81. The molecule has 3 heterocycles. The standard InChI is InChI=1S/C20H28N4OS/c25-20(18-12-21-23-19(18)15-6-2-1-3-7-15)22-16-8-4-10-24(13-16)14-17-9-5-11-26-17/h5,9,11-12,15-16H,1-4,6-8,10,13-14H2,(H,21,23)(H,22,25)/t16-/m0/s1. The maximum Gasteiger partial charge on any atom is 0.255 e. The third kappa shape index (κ3) is 4.18. The molecule has 2 N–H and O–H groups in total. The van der Waals surface area contributed by atoms with E-state index in [1.165, 1.54) is 37.0 Å². The number of carbonyl (C=O) groups is 1. The van der Waals surface area contributed by atoms with Crippen molar-refractivity contribution < 1.29 is 4.79 Å². The first-order chi connectivity index (χ1) is 12.8. The first kappa shape index (κ1) is 17.7. The zero-order chi connectivity index (χ0) is 17.8. The molecule has 1 saturated carbocycles. The average molecular weight is 373 g/mol. The second-order valence-corrected chi connectivity index (χ2v) is 8.69. The fourth-order valence-corrected chi connectivity index (χ4v) is 5.13. The summed E-state index contributed by atoms with van der Waals surface area (Å²) in [7, 11) is 0. The molecule has 0 spiro atoms. The van der Waals surface area contributed by atoms with E-state index in [0.717, 1.165) is 43.7 Å². The van der Waals surface area contributed by atoms with E-state index in [-0.39, 0.29) is 11.9 Å². The molecule has 5 nitrogen and oxygen atoms in total. The van der Waals surface area contributed by atoms with Gasteiger partial charge in [0.1, 0.15) is 0 Å². The number of thiophene rings is 1. The van der Waals surface area contributed by atoms with Gasteiger partial charge in [0.25, 0.3) is 5.91 Å². The molecule has 26 heavy (non-hydrogen) atoms. The summed E-state index contributed by atoms with van der Waals surface area (Å²) >= 11 is 1.81. The number of amides is 1. The summed E-state index contributed by atoms with van der Waals surface area (Å²) in [6, 6.07) is 4.52. The lowest BCUT2D eigenvalue weighted by Gasteiger charge is -2.33. The van der Waals surface area contributed by atoms with Gasteiger partial charge in [0.15, 0.2) is 0 Å². The van der Waals surface area contributed by atoms with Gasteiger partial charge in [0.2, 0.25) is 0 Å². The van der Waals surface area contributed by atoms with Crippen molar-refractivity contribution in [1.82, 2.24) is 20.4 Å². The average Bonchev–Trinajstić information content (AvgIpc) is 3.34. The Kier molecular flexibility index (Phi) is 5.70. The number of carbonyl (C=O) groups excluding carboxylic acids is 1. The number of hydrogen-bond acceptors (Lipinski definition) is 4. The summed E-state index contributed by atoms with van der Waals surface area (Å²) < 4.78 is 0. The third-order valence-electron chi connectivity index (χ3n) is 5.73. The highest BCUT2D eigenvalue weighted by molar-refractivity contribution is 7.09. The van der Waals surface area contributed by atoms with Gasteiger partial charge in [-0.15, -0.1) is 11.3 Å². The van der Waals surface area contributed by atoms with Gasteiger partial charge in [-0.05, 0) is 43.7 Å². The Morgan fingerprint density at radius 3 is 2.96 bits per heavy atom. The number of aromatic amines is 1. The highest BCUT2D eigenvalue weighted by Crippen LogP contribution is 2.33. The fourth-order valence-electron chi connectivity index (χ4n) is 4.38. The van der Waals surface area contributed by atoms with Gasteiger partial charge in [0.05, 0.1) is 17.5 Å². The molecule has 2 aromatic rings. The number of hydrogen-bond donors (Lipinski definition) is 2. The molecular weight excluding hydrogens is 344 g/mol.